The van der Waals surface area contributed by atoms with Gasteiger partial charge in [0.2, 0.25) is 11.3 Å². The van der Waals surface area contributed by atoms with Gasteiger partial charge in [0.25, 0.3) is 0 Å². The maximum atomic E-state index is 13.0. The molecule has 0 fully saturated rings. The number of amidine groups is 1. The maximum Gasteiger partial charge on any atom is 0.416 e. The van der Waals surface area contributed by atoms with Crippen molar-refractivity contribution in [1.82, 2.24) is 20.9 Å². The Morgan fingerprint density at radius 1 is 0.929 bits per heavy atom. The standard InChI is InChI=1S/C18H13F3N6O/c19-18(20,21)12-5-4-8-14(11-12)26-10-9-15(28)16(23-26)17-22-24-25-27(17)13-6-2-1-3-7-13/h1-11,24-25H. The van der Waals surface area contributed by atoms with Crippen LogP contribution in [0.4, 0.5) is 18.9 Å². The van der Waals surface area contributed by atoms with Gasteiger partial charge in [0.05, 0.1) is 16.9 Å². The predicted molar refractivity (Wildman–Crippen MR) is 96.6 cm³/mol. The second kappa shape index (κ2) is 6.82. The lowest BCUT2D eigenvalue weighted by Gasteiger charge is -2.18. The molecule has 142 valence electrons. The molecule has 1 aromatic heterocycles. The molecule has 0 unspecified atom stereocenters. The van der Waals surface area contributed by atoms with Crippen LogP contribution in [0.5, 0.6) is 0 Å². The number of hydrazine groups is 2. The summed E-state index contributed by atoms with van der Waals surface area (Å²) in [6, 6.07) is 15.0. The van der Waals surface area contributed by atoms with Gasteiger partial charge in [-0.1, -0.05) is 24.3 Å². The van der Waals surface area contributed by atoms with E-state index in [1.54, 1.807) is 12.1 Å². The fraction of sp³-hybridized carbons (Fsp3) is 0.0556. The van der Waals surface area contributed by atoms with Crippen LogP contribution in [0, 0.1) is 0 Å². The summed E-state index contributed by atoms with van der Waals surface area (Å²) in [6.07, 6.45) is -3.17. The van der Waals surface area contributed by atoms with E-state index in [0.29, 0.717) is 5.69 Å². The third-order valence-electron chi connectivity index (χ3n) is 4.01. The quantitative estimate of drug-likeness (QED) is 0.723. The number of halogens is 3. The number of nitrogens with zero attached hydrogens (tertiary/aromatic N) is 4. The van der Waals surface area contributed by atoms with E-state index < -0.39 is 17.2 Å². The zero-order chi connectivity index (χ0) is 19.7. The molecule has 0 aliphatic carbocycles. The Kier molecular flexibility index (Phi) is 4.32. The summed E-state index contributed by atoms with van der Waals surface area (Å²) in [5.74, 6) is 0.192. The first-order valence-electron chi connectivity index (χ1n) is 8.15. The Balaban J connectivity index is 1.76. The SMILES string of the molecule is O=c1ccn(-c2cccc(C(F)(F)F)c2)nc1C1=NNNN1c1ccccc1. The highest BCUT2D eigenvalue weighted by molar-refractivity contribution is 6.08. The molecule has 7 nitrogen and oxygen atoms in total. The van der Waals surface area contributed by atoms with Crippen LogP contribution in [-0.2, 0) is 6.18 Å². The molecule has 28 heavy (non-hydrogen) atoms. The summed E-state index contributed by atoms with van der Waals surface area (Å²) in [5.41, 5.74) is 4.95. The second-order valence-corrected chi connectivity index (χ2v) is 5.85. The molecule has 10 heteroatoms. The number of nitrogens with one attached hydrogen (secondary N) is 2. The number of hydrogen-bond donors (Lipinski definition) is 2. The Hall–Kier alpha value is -3.66. The van der Waals surface area contributed by atoms with Crippen LogP contribution in [-0.4, -0.2) is 15.6 Å². The summed E-state index contributed by atoms with van der Waals surface area (Å²) in [5, 5.41) is 9.76. The van der Waals surface area contributed by atoms with E-state index in [2.05, 4.69) is 21.3 Å². The van der Waals surface area contributed by atoms with Crippen molar-refractivity contribution in [1.29, 1.82) is 0 Å². The molecular formula is C18H13F3N6O. The molecule has 1 aliphatic rings. The average Bonchev–Trinajstić information content (AvgIpc) is 3.18. The lowest BCUT2D eigenvalue weighted by Crippen LogP contribution is -2.43. The molecule has 0 spiro atoms. The zero-order valence-electron chi connectivity index (χ0n) is 14.2. The third-order valence-corrected chi connectivity index (χ3v) is 4.01. The Labute approximate surface area is 156 Å². The first kappa shape index (κ1) is 17.7. The van der Waals surface area contributed by atoms with Gasteiger partial charge in [0, 0.05) is 12.3 Å². The molecule has 0 radical (unpaired) electrons. The van der Waals surface area contributed by atoms with Crippen LogP contribution in [0.3, 0.4) is 0 Å². The maximum absolute atomic E-state index is 13.0. The number of hydrazone groups is 1. The number of hydrogen-bond acceptors (Lipinski definition) is 6. The van der Waals surface area contributed by atoms with E-state index in [4.69, 9.17) is 0 Å². The number of rotatable bonds is 3. The monoisotopic (exact) mass is 386 g/mol. The minimum absolute atomic E-state index is 0.0266. The lowest BCUT2D eigenvalue weighted by atomic mass is 10.2. The topological polar surface area (TPSA) is 74.5 Å². The van der Waals surface area contributed by atoms with E-state index in [1.807, 2.05) is 18.2 Å². The number of alkyl halides is 3. The van der Waals surface area contributed by atoms with Crippen molar-refractivity contribution in [3.05, 3.63) is 88.3 Å². The van der Waals surface area contributed by atoms with Crippen molar-refractivity contribution in [2.75, 3.05) is 5.01 Å². The molecule has 1 aliphatic heterocycles. The number of anilines is 1. The highest BCUT2D eigenvalue weighted by Crippen LogP contribution is 2.30. The van der Waals surface area contributed by atoms with Crippen LogP contribution < -0.4 is 21.5 Å². The first-order chi connectivity index (χ1) is 13.4. The summed E-state index contributed by atoms with van der Waals surface area (Å²) < 4.78 is 40.2. The van der Waals surface area contributed by atoms with Gasteiger partial charge in [-0.2, -0.15) is 18.3 Å². The van der Waals surface area contributed by atoms with Crippen LogP contribution in [0.15, 0.2) is 76.8 Å². The van der Waals surface area contributed by atoms with Gasteiger partial charge in [0.15, 0.2) is 5.69 Å². The normalized spacial score (nSPS) is 14.0. The van der Waals surface area contributed by atoms with Crippen molar-refractivity contribution in [3.63, 3.8) is 0 Å². The van der Waals surface area contributed by atoms with Gasteiger partial charge in [-0.05, 0) is 30.3 Å². The third kappa shape index (κ3) is 3.32. The van der Waals surface area contributed by atoms with Gasteiger partial charge in [0.1, 0.15) is 0 Å². The molecule has 2 N–H and O–H groups in total. The molecule has 0 saturated heterocycles. The van der Waals surface area contributed by atoms with E-state index in [0.717, 1.165) is 12.1 Å². The van der Waals surface area contributed by atoms with Gasteiger partial charge in [-0.15, -0.1) is 10.6 Å². The summed E-state index contributed by atoms with van der Waals surface area (Å²) >= 11 is 0. The molecule has 4 rings (SSSR count). The fourth-order valence-electron chi connectivity index (χ4n) is 2.68. The molecule has 2 aromatic carbocycles. The summed E-state index contributed by atoms with van der Waals surface area (Å²) in [4.78, 5) is 12.4. The van der Waals surface area contributed by atoms with Gasteiger partial charge in [-0.25, -0.2) is 15.2 Å². The zero-order valence-corrected chi connectivity index (χ0v) is 14.2. The molecule has 0 saturated carbocycles. The van der Waals surface area contributed by atoms with Crippen molar-refractivity contribution in [3.8, 4) is 5.69 Å². The smallest absolute Gasteiger partial charge is 0.287 e. The van der Waals surface area contributed by atoms with E-state index in [-0.39, 0.29) is 17.2 Å². The molecule has 0 atom stereocenters. The van der Waals surface area contributed by atoms with Crippen molar-refractivity contribution >= 4 is 11.5 Å². The number of para-hydroxylation sites is 1. The van der Waals surface area contributed by atoms with Crippen LogP contribution in [0.2, 0.25) is 0 Å². The van der Waals surface area contributed by atoms with Crippen molar-refractivity contribution in [2.45, 2.75) is 6.18 Å². The molecular weight excluding hydrogens is 373 g/mol. The van der Waals surface area contributed by atoms with Crippen LogP contribution in [0.25, 0.3) is 5.69 Å². The van der Waals surface area contributed by atoms with Crippen LogP contribution >= 0.6 is 0 Å². The molecule has 3 aromatic rings. The first-order valence-corrected chi connectivity index (χ1v) is 8.15. The van der Waals surface area contributed by atoms with Gasteiger partial charge in [-0.3, -0.25) is 4.79 Å². The lowest BCUT2D eigenvalue weighted by molar-refractivity contribution is -0.137. The van der Waals surface area contributed by atoms with E-state index in [9.17, 15) is 18.0 Å². The largest absolute Gasteiger partial charge is 0.416 e. The van der Waals surface area contributed by atoms with Crippen molar-refractivity contribution in [2.24, 2.45) is 5.10 Å². The van der Waals surface area contributed by atoms with Gasteiger partial charge < -0.3 is 0 Å². The Morgan fingerprint density at radius 2 is 1.68 bits per heavy atom. The minimum atomic E-state index is -4.48. The minimum Gasteiger partial charge on any atom is -0.287 e. The van der Waals surface area contributed by atoms with Gasteiger partial charge >= 0.3 is 6.18 Å². The van der Waals surface area contributed by atoms with E-state index >= 15 is 0 Å². The summed E-state index contributed by atoms with van der Waals surface area (Å²) in [6.45, 7) is 0. The number of aromatic nitrogens is 2. The Morgan fingerprint density at radius 3 is 2.43 bits per heavy atom. The van der Waals surface area contributed by atoms with Crippen molar-refractivity contribution < 1.29 is 13.2 Å². The fourth-order valence-corrected chi connectivity index (χ4v) is 2.68. The predicted octanol–water partition coefficient (Wildman–Crippen LogP) is 2.44. The highest BCUT2D eigenvalue weighted by atomic mass is 19.4. The molecule has 0 amide bonds. The average molecular weight is 386 g/mol. The van der Waals surface area contributed by atoms with E-state index in [1.165, 1.54) is 34.1 Å². The number of benzene rings is 2. The summed E-state index contributed by atoms with van der Waals surface area (Å²) in [7, 11) is 0. The Bertz CT molecular complexity index is 1090. The molecule has 0 bridgehead atoms. The molecule has 2 heterocycles. The second-order valence-electron chi connectivity index (χ2n) is 5.85. The highest BCUT2D eigenvalue weighted by Gasteiger charge is 2.30. The van der Waals surface area contributed by atoms with Crippen LogP contribution in [0.1, 0.15) is 11.3 Å².